The molecule has 1 aliphatic heterocycles. The van der Waals surface area contributed by atoms with Crippen molar-refractivity contribution in [2.45, 2.75) is 31.7 Å². The van der Waals surface area contributed by atoms with Crippen LogP contribution in [0.5, 0.6) is 0 Å². The van der Waals surface area contributed by atoms with E-state index in [1.54, 1.807) is 0 Å². The summed E-state index contributed by atoms with van der Waals surface area (Å²) in [6.07, 6.45) is 5.39. The van der Waals surface area contributed by atoms with Crippen LogP contribution in [0.1, 0.15) is 25.7 Å². The zero-order chi connectivity index (χ0) is 9.80. The first-order chi connectivity index (χ1) is 6.86. The van der Waals surface area contributed by atoms with E-state index in [0.717, 1.165) is 25.8 Å². The van der Waals surface area contributed by atoms with Crippen LogP contribution in [0.15, 0.2) is 0 Å². The first-order valence-corrected chi connectivity index (χ1v) is 5.85. The highest BCUT2D eigenvalue weighted by molar-refractivity contribution is 4.75. The molecule has 1 atom stereocenters. The van der Waals surface area contributed by atoms with Crippen LogP contribution in [-0.4, -0.2) is 44.4 Å². The largest absolute Gasteiger partial charge is 0.366 e. The summed E-state index contributed by atoms with van der Waals surface area (Å²) in [6.45, 7) is 4.10. The van der Waals surface area contributed by atoms with Crippen molar-refractivity contribution in [1.82, 2.24) is 10.2 Å². The number of rotatable bonds is 5. The van der Waals surface area contributed by atoms with Crippen molar-refractivity contribution < 1.29 is 4.74 Å². The summed E-state index contributed by atoms with van der Waals surface area (Å²) >= 11 is 0. The minimum atomic E-state index is 0.683. The monoisotopic (exact) mass is 198 g/mol. The fraction of sp³-hybridized carbons (Fsp3) is 1.00. The van der Waals surface area contributed by atoms with Gasteiger partial charge in [-0.05, 0) is 45.2 Å². The van der Waals surface area contributed by atoms with Crippen molar-refractivity contribution in [2.24, 2.45) is 5.92 Å². The van der Waals surface area contributed by atoms with Crippen LogP contribution in [0.3, 0.4) is 0 Å². The van der Waals surface area contributed by atoms with Gasteiger partial charge in [0.05, 0.1) is 13.3 Å². The first-order valence-electron chi connectivity index (χ1n) is 5.85. The molecule has 0 radical (unpaired) electrons. The number of hydrogen-bond acceptors (Lipinski definition) is 3. The normalized spacial score (nSPS) is 28.3. The van der Waals surface area contributed by atoms with Crippen LogP contribution in [0, 0.1) is 5.92 Å². The van der Waals surface area contributed by atoms with E-state index in [9.17, 15) is 0 Å². The second-order valence-corrected chi connectivity index (χ2v) is 4.70. The quantitative estimate of drug-likeness (QED) is 0.668. The lowest BCUT2D eigenvalue weighted by atomic mass is 10.1. The molecule has 1 heterocycles. The Kier molecular flexibility index (Phi) is 3.79. The lowest BCUT2D eigenvalue weighted by molar-refractivity contribution is 0.0105. The molecule has 2 aliphatic rings. The molecule has 14 heavy (non-hydrogen) atoms. The average Bonchev–Trinajstić information content (AvgIpc) is 3.03. The molecule has 2 rings (SSSR count). The molecule has 0 aromatic carbocycles. The van der Waals surface area contributed by atoms with E-state index in [1.165, 1.54) is 32.2 Å². The molecule has 0 aromatic heterocycles. The number of likely N-dealkylation sites (N-methyl/N-ethyl adjacent to an activating group) is 1. The highest BCUT2D eigenvalue weighted by atomic mass is 16.5. The number of nitrogens with one attached hydrogen (secondary N) is 1. The van der Waals surface area contributed by atoms with E-state index in [0.29, 0.717) is 6.04 Å². The highest BCUT2D eigenvalue weighted by Crippen LogP contribution is 2.28. The highest BCUT2D eigenvalue weighted by Gasteiger charge is 2.22. The number of nitrogens with zero attached hydrogens (tertiary/aromatic N) is 1. The maximum atomic E-state index is 5.67. The Balaban J connectivity index is 1.57. The van der Waals surface area contributed by atoms with Gasteiger partial charge < -0.3 is 10.1 Å². The SMILES string of the molecule is CN(COCC1CC1)C1CCCNC1. The topological polar surface area (TPSA) is 24.5 Å². The van der Waals surface area contributed by atoms with Crippen molar-refractivity contribution in [3.05, 3.63) is 0 Å². The van der Waals surface area contributed by atoms with Gasteiger partial charge in [0.25, 0.3) is 0 Å². The Morgan fingerprint density at radius 2 is 2.21 bits per heavy atom. The summed E-state index contributed by atoms with van der Waals surface area (Å²) in [4.78, 5) is 2.34. The lowest BCUT2D eigenvalue weighted by Gasteiger charge is -2.31. The Morgan fingerprint density at radius 3 is 2.86 bits per heavy atom. The van der Waals surface area contributed by atoms with Crippen molar-refractivity contribution in [1.29, 1.82) is 0 Å². The third-order valence-electron chi connectivity index (χ3n) is 3.24. The van der Waals surface area contributed by atoms with Gasteiger partial charge in [0, 0.05) is 12.6 Å². The van der Waals surface area contributed by atoms with Gasteiger partial charge in [-0.3, -0.25) is 4.90 Å². The summed E-state index contributed by atoms with van der Waals surface area (Å²) in [7, 11) is 2.17. The predicted molar refractivity (Wildman–Crippen MR) is 57.2 cm³/mol. The predicted octanol–water partition coefficient (Wildman–Crippen LogP) is 1.05. The molecule has 3 nitrogen and oxygen atoms in total. The standard InChI is InChI=1S/C11H22N2O/c1-13(9-14-8-10-4-5-10)11-3-2-6-12-7-11/h10-12H,2-9H2,1H3. The van der Waals surface area contributed by atoms with Gasteiger partial charge in [-0.15, -0.1) is 0 Å². The zero-order valence-corrected chi connectivity index (χ0v) is 9.17. The molecular weight excluding hydrogens is 176 g/mol. The number of hydrogen-bond donors (Lipinski definition) is 1. The molecule has 0 amide bonds. The molecule has 1 aliphatic carbocycles. The van der Waals surface area contributed by atoms with Crippen molar-refractivity contribution >= 4 is 0 Å². The first kappa shape index (κ1) is 10.4. The zero-order valence-electron chi connectivity index (χ0n) is 9.17. The fourth-order valence-electron chi connectivity index (χ4n) is 1.96. The molecule has 1 saturated carbocycles. The van der Waals surface area contributed by atoms with Gasteiger partial charge in [-0.2, -0.15) is 0 Å². The molecule has 0 spiro atoms. The molecular formula is C11H22N2O. The fourth-order valence-corrected chi connectivity index (χ4v) is 1.96. The molecule has 1 saturated heterocycles. The van der Waals surface area contributed by atoms with Gasteiger partial charge in [0.2, 0.25) is 0 Å². The van der Waals surface area contributed by atoms with E-state index < -0.39 is 0 Å². The summed E-state index contributed by atoms with van der Waals surface area (Å²) in [6, 6.07) is 0.683. The van der Waals surface area contributed by atoms with Crippen LogP contribution >= 0.6 is 0 Å². The Hall–Kier alpha value is -0.120. The Labute approximate surface area is 86.8 Å². The average molecular weight is 198 g/mol. The van der Waals surface area contributed by atoms with Crippen molar-refractivity contribution in [3.63, 3.8) is 0 Å². The third kappa shape index (κ3) is 3.23. The van der Waals surface area contributed by atoms with E-state index in [2.05, 4.69) is 17.3 Å². The van der Waals surface area contributed by atoms with E-state index in [4.69, 9.17) is 4.74 Å². The van der Waals surface area contributed by atoms with Crippen LogP contribution in [0.2, 0.25) is 0 Å². The van der Waals surface area contributed by atoms with Crippen LogP contribution in [0.25, 0.3) is 0 Å². The van der Waals surface area contributed by atoms with Gasteiger partial charge in [-0.1, -0.05) is 0 Å². The van der Waals surface area contributed by atoms with E-state index >= 15 is 0 Å². The second-order valence-electron chi connectivity index (χ2n) is 4.70. The molecule has 3 heteroatoms. The summed E-state index contributed by atoms with van der Waals surface area (Å²) in [5.41, 5.74) is 0. The van der Waals surface area contributed by atoms with E-state index in [1.807, 2.05) is 0 Å². The molecule has 82 valence electrons. The van der Waals surface area contributed by atoms with Gasteiger partial charge >= 0.3 is 0 Å². The summed E-state index contributed by atoms with van der Waals surface area (Å²) < 4.78 is 5.67. The van der Waals surface area contributed by atoms with Gasteiger partial charge in [-0.25, -0.2) is 0 Å². The number of ether oxygens (including phenoxy) is 1. The van der Waals surface area contributed by atoms with Gasteiger partial charge in [0.1, 0.15) is 0 Å². The molecule has 2 fully saturated rings. The van der Waals surface area contributed by atoms with Crippen LogP contribution in [-0.2, 0) is 4.74 Å². The smallest absolute Gasteiger partial charge is 0.0990 e. The minimum absolute atomic E-state index is 0.683. The molecule has 1 unspecified atom stereocenters. The molecule has 1 N–H and O–H groups in total. The van der Waals surface area contributed by atoms with Crippen molar-refractivity contribution in [2.75, 3.05) is 33.5 Å². The van der Waals surface area contributed by atoms with Crippen LogP contribution < -0.4 is 5.32 Å². The second kappa shape index (κ2) is 5.10. The van der Waals surface area contributed by atoms with Gasteiger partial charge in [0.15, 0.2) is 0 Å². The Morgan fingerprint density at radius 1 is 1.36 bits per heavy atom. The number of piperidine rings is 1. The van der Waals surface area contributed by atoms with Crippen molar-refractivity contribution in [3.8, 4) is 0 Å². The summed E-state index contributed by atoms with van der Waals surface area (Å²) in [5, 5.41) is 3.43. The molecule has 0 aromatic rings. The maximum Gasteiger partial charge on any atom is 0.0990 e. The Bertz CT molecular complexity index is 165. The maximum absolute atomic E-state index is 5.67. The van der Waals surface area contributed by atoms with E-state index in [-0.39, 0.29) is 0 Å². The third-order valence-corrected chi connectivity index (χ3v) is 3.24. The lowest BCUT2D eigenvalue weighted by Crippen LogP contribution is -2.44. The molecule has 0 bridgehead atoms. The minimum Gasteiger partial charge on any atom is -0.366 e. The summed E-state index contributed by atoms with van der Waals surface area (Å²) in [5.74, 6) is 0.882. The van der Waals surface area contributed by atoms with Crippen LogP contribution in [0.4, 0.5) is 0 Å².